The van der Waals surface area contributed by atoms with Crippen LogP contribution in [0, 0.1) is 0 Å². The highest BCUT2D eigenvalue weighted by molar-refractivity contribution is 5.47. The second-order valence-electron chi connectivity index (χ2n) is 6.48. The molecule has 0 spiro atoms. The number of nitrogens with zero attached hydrogens (tertiary/aromatic N) is 2. The maximum Gasteiger partial charge on any atom is 0.0427 e. The minimum absolute atomic E-state index is 0.150. The summed E-state index contributed by atoms with van der Waals surface area (Å²) in [5, 5.41) is 3.51. The zero-order chi connectivity index (χ0) is 15.3. The Kier molecular flexibility index (Phi) is 4.97. The largest absolute Gasteiger partial charge is 0.370 e. The summed E-state index contributed by atoms with van der Waals surface area (Å²) in [5.41, 5.74) is 3.96. The van der Waals surface area contributed by atoms with Gasteiger partial charge in [0, 0.05) is 43.8 Å². The quantitative estimate of drug-likeness (QED) is 0.908. The maximum absolute atomic E-state index is 4.05. The van der Waals surface area contributed by atoms with Crippen molar-refractivity contribution in [1.29, 1.82) is 0 Å². The third kappa shape index (κ3) is 5.20. The summed E-state index contributed by atoms with van der Waals surface area (Å²) in [4.78, 5) is 6.30. The highest BCUT2D eigenvalue weighted by Gasteiger charge is 2.08. The summed E-state index contributed by atoms with van der Waals surface area (Å²) < 4.78 is 0. The average molecular weight is 283 g/mol. The predicted molar refractivity (Wildman–Crippen MR) is 89.4 cm³/mol. The van der Waals surface area contributed by atoms with Crippen molar-refractivity contribution in [2.45, 2.75) is 39.4 Å². The summed E-state index contributed by atoms with van der Waals surface area (Å²) >= 11 is 0. The van der Waals surface area contributed by atoms with E-state index in [1.807, 2.05) is 12.4 Å². The number of nitrogens with one attached hydrogen (secondary N) is 1. The molecule has 0 saturated carbocycles. The van der Waals surface area contributed by atoms with Gasteiger partial charge < -0.3 is 10.2 Å². The van der Waals surface area contributed by atoms with Gasteiger partial charge in [-0.25, -0.2) is 0 Å². The predicted octanol–water partition coefficient (Wildman–Crippen LogP) is 3.61. The first-order chi connectivity index (χ1) is 9.94. The smallest absolute Gasteiger partial charge is 0.0427 e. The molecule has 112 valence electrons. The van der Waals surface area contributed by atoms with Gasteiger partial charge in [-0.05, 0) is 56.2 Å². The van der Waals surface area contributed by atoms with Crippen LogP contribution in [0.15, 0.2) is 48.8 Å². The summed E-state index contributed by atoms with van der Waals surface area (Å²) in [6.45, 7) is 8.34. The average Bonchev–Trinajstić information content (AvgIpc) is 2.46. The molecule has 1 aromatic carbocycles. The van der Waals surface area contributed by atoms with Gasteiger partial charge in [-0.3, -0.25) is 4.98 Å². The highest BCUT2D eigenvalue weighted by Crippen LogP contribution is 2.16. The molecule has 2 rings (SSSR count). The zero-order valence-corrected chi connectivity index (χ0v) is 13.4. The molecular formula is C18H25N3. The Hall–Kier alpha value is -1.87. The number of rotatable bonds is 5. The molecule has 0 atom stereocenters. The summed E-state index contributed by atoms with van der Waals surface area (Å²) in [6.07, 6.45) is 3.68. The molecule has 1 heterocycles. The normalized spacial score (nSPS) is 11.4. The van der Waals surface area contributed by atoms with Gasteiger partial charge in [0.2, 0.25) is 0 Å². The van der Waals surface area contributed by atoms with Gasteiger partial charge in [0.25, 0.3) is 0 Å². The summed E-state index contributed by atoms with van der Waals surface area (Å²) in [7, 11) is 2.11. The van der Waals surface area contributed by atoms with Crippen LogP contribution in [0.5, 0.6) is 0 Å². The third-order valence-corrected chi connectivity index (χ3v) is 3.37. The molecule has 0 unspecified atom stereocenters. The first-order valence-corrected chi connectivity index (χ1v) is 7.38. The van der Waals surface area contributed by atoms with Gasteiger partial charge in [0.1, 0.15) is 0 Å². The number of benzene rings is 1. The minimum Gasteiger partial charge on any atom is -0.370 e. The summed E-state index contributed by atoms with van der Waals surface area (Å²) in [5.74, 6) is 0. The molecule has 2 aromatic rings. The van der Waals surface area contributed by atoms with E-state index in [0.717, 1.165) is 13.1 Å². The van der Waals surface area contributed by atoms with Crippen LogP contribution in [0.2, 0.25) is 0 Å². The van der Waals surface area contributed by atoms with Crippen LogP contribution in [-0.2, 0) is 13.1 Å². The Bertz CT molecular complexity index is 541. The van der Waals surface area contributed by atoms with Gasteiger partial charge in [-0.2, -0.15) is 0 Å². The first kappa shape index (κ1) is 15.5. The second-order valence-corrected chi connectivity index (χ2v) is 6.48. The zero-order valence-electron chi connectivity index (χ0n) is 13.4. The van der Waals surface area contributed by atoms with Crippen molar-refractivity contribution in [3.05, 3.63) is 59.9 Å². The lowest BCUT2D eigenvalue weighted by molar-refractivity contribution is 0.424. The van der Waals surface area contributed by atoms with Crippen molar-refractivity contribution < 1.29 is 0 Å². The number of hydrogen-bond acceptors (Lipinski definition) is 3. The lowest BCUT2D eigenvalue weighted by atomic mass is 10.1. The molecule has 0 aliphatic rings. The van der Waals surface area contributed by atoms with E-state index in [9.17, 15) is 0 Å². The number of anilines is 1. The SMILES string of the molecule is CN(Cc1ccncc1)c1ccc(CNC(C)(C)C)cc1. The van der Waals surface area contributed by atoms with Crippen molar-refractivity contribution >= 4 is 5.69 Å². The van der Waals surface area contributed by atoms with E-state index in [1.165, 1.54) is 16.8 Å². The number of hydrogen-bond donors (Lipinski definition) is 1. The molecule has 0 bridgehead atoms. The molecule has 0 aliphatic carbocycles. The Morgan fingerprint density at radius 2 is 1.57 bits per heavy atom. The molecule has 1 N–H and O–H groups in total. The van der Waals surface area contributed by atoms with Crippen LogP contribution in [0.3, 0.4) is 0 Å². The van der Waals surface area contributed by atoms with E-state index in [-0.39, 0.29) is 5.54 Å². The van der Waals surface area contributed by atoms with E-state index in [2.05, 4.69) is 79.4 Å². The molecular weight excluding hydrogens is 258 g/mol. The van der Waals surface area contributed by atoms with E-state index in [4.69, 9.17) is 0 Å². The number of pyridine rings is 1. The van der Waals surface area contributed by atoms with Gasteiger partial charge in [-0.15, -0.1) is 0 Å². The lowest BCUT2D eigenvalue weighted by Crippen LogP contribution is -2.35. The Labute approximate surface area is 128 Å². The first-order valence-electron chi connectivity index (χ1n) is 7.38. The van der Waals surface area contributed by atoms with E-state index in [1.54, 1.807) is 0 Å². The monoisotopic (exact) mass is 283 g/mol. The van der Waals surface area contributed by atoms with Gasteiger partial charge >= 0.3 is 0 Å². The van der Waals surface area contributed by atoms with Crippen LogP contribution in [0.25, 0.3) is 0 Å². The Morgan fingerprint density at radius 1 is 0.952 bits per heavy atom. The minimum atomic E-state index is 0.150. The lowest BCUT2D eigenvalue weighted by Gasteiger charge is -2.22. The fourth-order valence-corrected chi connectivity index (χ4v) is 2.09. The van der Waals surface area contributed by atoms with E-state index in [0.29, 0.717) is 0 Å². The number of aromatic nitrogens is 1. The topological polar surface area (TPSA) is 28.2 Å². The second kappa shape index (κ2) is 6.72. The van der Waals surface area contributed by atoms with Crippen molar-refractivity contribution in [3.63, 3.8) is 0 Å². The maximum atomic E-state index is 4.05. The van der Waals surface area contributed by atoms with E-state index < -0.39 is 0 Å². The fraction of sp³-hybridized carbons (Fsp3) is 0.389. The molecule has 0 saturated heterocycles. The Morgan fingerprint density at radius 3 is 2.14 bits per heavy atom. The Balaban J connectivity index is 1.95. The molecule has 1 aromatic heterocycles. The van der Waals surface area contributed by atoms with Gasteiger partial charge in [0.15, 0.2) is 0 Å². The van der Waals surface area contributed by atoms with Crippen LogP contribution < -0.4 is 10.2 Å². The summed E-state index contributed by atoms with van der Waals surface area (Å²) in [6, 6.07) is 12.9. The van der Waals surface area contributed by atoms with Crippen molar-refractivity contribution in [1.82, 2.24) is 10.3 Å². The highest BCUT2D eigenvalue weighted by atomic mass is 15.1. The molecule has 0 amide bonds. The van der Waals surface area contributed by atoms with Crippen molar-refractivity contribution in [2.24, 2.45) is 0 Å². The standard InChI is InChI=1S/C18H25N3/c1-18(2,3)20-13-15-5-7-17(8-6-15)21(4)14-16-9-11-19-12-10-16/h5-12,20H,13-14H2,1-4H3. The van der Waals surface area contributed by atoms with Crippen molar-refractivity contribution in [3.8, 4) is 0 Å². The van der Waals surface area contributed by atoms with Gasteiger partial charge in [-0.1, -0.05) is 12.1 Å². The van der Waals surface area contributed by atoms with Crippen LogP contribution in [0.4, 0.5) is 5.69 Å². The molecule has 0 fully saturated rings. The molecule has 3 heteroatoms. The van der Waals surface area contributed by atoms with Crippen LogP contribution >= 0.6 is 0 Å². The fourth-order valence-electron chi connectivity index (χ4n) is 2.09. The molecule has 3 nitrogen and oxygen atoms in total. The molecule has 0 radical (unpaired) electrons. The molecule has 0 aliphatic heterocycles. The van der Waals surface area contributed by atoms with Crippen molar-refractivity contribution in [2.75, 3.05) is 11.9 Å². The molecule has 21 heavy (non-hydrogen) atoms. The van der Waals surface area contributed by atoms with Crippen LogP contribution in [-0.4, -0.2) is 17.6 Å². The van der Waals surface area contributed by atoms with E-state index >= 15 is 0 Å². The third-order valence-electron chi connectivity index (χ3n) is 3.37. The van der Waals surface area contributed by atoms with Crippen LogP contribution in [0.1, 0.15) is 31.9 Å². The van der Waals surface area contributed by atoms with Gasteiger partial charge in [0.05, 0.1) is 0 Å².